The average Bonchev–Trinajstić information content (AvgIpc) is 3.81. The second kappa shape index (κ2) is 13.5. The van der Waals surface area contributed by atoms with E-state index in [2.05, 4.69) is 105 Å². The molecule has 10 rings (SSSR count). The third-order valence-corrected chi connectivity index (χ3v) is 10.7. The highest BCUT2D eigenvalue weighted by Crippen LogP contribution is 2.41. The van der Waals surface area contributed by atoms with Crippen LogP contribution in [0.4, 0.5) is 5.69 Å². The molecular formula is C50H26N8. The van der Waals surface area contributed by atoms with E-state index in [1.165, 1.54) is 10.8 Å². The van der Waals surface area contributed by atoms with Crippen molar-refractivity contribution in [1.82, 2.24) is 19.1 Å². The Balaban J connectivity index is 1.17. The van der Waals surface area contributed by atoms with Gasteiger partial charge < -0.3 is 9.13 Å². The molecule has 7 aromatic carbocycles. The van der Waals surface area contributed by atoms with Gasteiger partial charge in [0.25, 0.3) is 0 Å². The van der Waals surface area contributed by atoms with Crippen LogP contribution in [-0.2, 0) is 0 Å². The fraction of sp³-hybridized carbons (Fsp3) is 0. The molecular weight excluding hydrogens is 713 g/mol. The summed E-state index contributed by atoms with van der Waals surface area (Å²) < 4.78 is 4.37. The van der Waals surface area contributed by atoms with E-state index in [1.54, 1.807) is 54.6 Å². The van der Waals surface area contributed by atoms with Gasteiger partial charge in [0.1, 0.15) is 0 Å². The van der Waals surface area contributed by atoms with Gasteiger partial charge >= 0.3 is 0 Å². The minimum atomic E-state index is 0.338. The van der Waals surface area contributed by atoms with Crippen molar-refractivity contribution in [3.63, 3.8) is 0 Å². The van der Waals surface area contributed by atoms with Crippen LogP contribution in [0.2, 0.25) is 0 Å². The molecule has 8 nitrogen and oxygen atoms in total. The number of rotatable bonds is 5. The summed E-state index contributed by atoms with van der Waals surface area (Å²) in [5, 5.41) is 34.0. The number of aromatic nitrogens is 4. The van der Waals surface area contributed by atoms with Gasteiger partial charge in [-0.2, -0.15) is 15.8 Å². The number of hydrogen-bond acceptors (Lipinski definition) is 5. The molecule has 0 saturated heterocycles. The zero-order chi connectivity index (χ0) is 39.3. The van der Waals surface area contributed by atoms with Gasteiger partial charge in [-0.15, -0.1) is 0 Å². The maximum absolute atomic E-state index is 10.8. The van der Waals surface area contributed by atoms with Crippen LogP contribution in [-0.4, -0.2) is 19.1 Å². The fourth-order valence-corrected chi connectivity index (χ4v) is 7.98. The predicted molar refractivity (Wildman–Crippen MR) is 227 cm³/mol. The molecule has 3 heterocycles. The van der Waals surface area contributed by atoms with Crippen LogP contribution in [0, 0.1) is 40.6 Å². The van der Waals surface area contributed by atoms with Crippen molar-refractivity contribution in [1.29, 1.82) is 15.8 Å². The first kappa shape index (κ1) is 33.7. The van der Waals surface area contributed by atoms with Crippen LogP contribution in [0.5, 0.6) is 0 Å². The molecule has 0 spiro atoms. The Hall–Kier alpha value is -8.82. The van der Waals surface area contributed by atoms with Crippen molar-refractivity contribution < 1.29 is 0 Å². The van der Waals surface area contributed by atoms with Gasteiger partial charge in [-0.1, -0.05) is 66.7 Å². The lowest BCUT2D eigenvalue weighted by Crippen LogP contribution is -2.00. The summed E-state index contributed by atoms with van der Waals surface area (Å²) in [6.45, 7) is 8.44. The number of nitriles is 3. The molecule has 10 aromatic rings. The highest BCUT2D eigenvalue weighted by molar-refractivity contribution is 6.12. The fourth-order valence-electron chi connectivity index (χ4n) is 7.98. The monoisotopic (exact) mass is 738 g/mol. The van der Waals surface area contributed by atoms with Gasteiger partial charge in [0, 0.05) is 43.9 Å². The Kier molecular flexibility index (Phi) is 7.84. The van der Waals surface area contributed by atoms with Crippen molar-refractivity contribution in [2.75, 3.05) is 0 Å². The first-order valence-corrected chi connectivity index (χ1v) is 18.4. The Bertz CT molecular complexity index is 3360. The van der Waals surface area contributed by atoms with E-state index >= 15 is 0 Å². The zero-order valence-corrected chi connectivity index (χ0v) is 30.6. The number of hydrogen-bond donors (Lipinski definition) is 0. The normalized spacial score (nSPS) is 11.0. The summed E-state index contributed by atoms with van der Waals surface area (Å²) in [6, 6.07) is 57.5. The third kappa shape index (κ3) is 5.35. The van der Waals surface area contributed by atoms with Gasteiger partial charge in [-0.3, -0.25) is 0 Å². The number of nitrogens with zero attached hydrogens (tertiary/aromatic N) is 8. The second-order valence-electron chi connectivity index (χ2n) is 13.9. The van der Waals surface area contributed by atoms with Crippen molar-refractivity contribution in [3.8, 4) is 63.5 Å². The summed E-state index contributed by atoms with van der Waals surface area (Å²) in [6.07, 6.45) is 0. The molecule has 0 aliphatic rings. The van der Waals surface area contributed by atoms with Crippen molar-refractivity contribution >= 4 is 49.3 Å². The zero-order valence-electron chi connectivity index (χ0n) is 30.6. The highest BCUT2D eigenvalue weighted by atomic mass is 15.0. The van der Waals surface area contributed by atoms with Crippen molar-refractivity contribution in [3.05, 3.63) is 186 Å². The Labute approximate surface area is 332 Å². The van der Waals surface area contributed by atoms with E-state index in [0.717, 1.165) is 44.1 Å². The molecule has 0 amide bonds. The molecule has 0 saturated carbocycles. The van der Waals surface area contributed by atoms with E-state index in [9.17, 15) is 15.8 Å². The number of fused-ring (bicyclic) bond motifs is 6. The van der Waals surface area contributed by atoms with Crippen LogP contribution in [0.15, 0.2) is 158 Å². The quantitative estimate of drug-likeness (QED) is 0.163. The molecule has 58 heavy (non-hydrogen) atoms. The second-order valence-corrected chi connectivity index (χ2v) is 13.9. The van der Waals surface area contributed by atoms with Crippen molar-refractivity contribution in [2.45, 2.75) is 0 Å². The Morgan fingerprint density at radius 2 is 1.02 bits per heavy atom. The molecule has 0 bridgehead atoms. The lowest BCUT2D eigenvalue weighted by Gasteiger charge is -2.15. The molecule has 0 radical (unpaired) electrons. The van der Waals surface area contributed by atoms with E-state index in [-0.39, 0.29) is 0 Å². The standard InChI is InChI=1S/C50H26N8/c1-54-44-26-40(43-27-42(33-18-14-31(28-51)15-19-33)55-50(56-43)34-20-16-32(29-52)17-21-34)35(30-53)24-49(44)58-47-13-7-4-10-39(47)41-25-36(22-23-48(41)58)57-45-11-5-2-8-37(45)38-9-3-6-12-46(38)57/h2-27H. The van der Waals surface area contributed by atoms with Gasteiger partial charge in [0.15, 0.2) is 5.82 Å². The van der Waals surface area contributed by atoms with Gasteiger partial charge in [0.05, 0.1) is 80.6 Å². The molecule has 0 aliphatic carbocycles. The van der Waals surface area contributed by atoms with Crippen LogP contribution in [0.1, 0.15) is 16.7 Å². The first-order valence-electron chi connectivity index (χ1n) is 18.4. The van der Waals surface area contributed by atoms with Gasteiger partial charge in [-0.25, -0.2) is 14.8 Å². The lowest BCUT2D eigenvalue weighted by atomic mass is 10.00. The smallest absolute Gasteiger partial charge is 0.211 e. The van der Waals surface area contributed by atoms with Crippen LogP contribution in [0.3, 0.4) is 0 Å². The predicted octanol–water partition coefficient (Wildman–Crippen LogP) is 11.8. The minimum absolute atomic E-state index is 0.338. The topological polar surface area (TPSA) is 111 Å². The Morgan fingerprint density at radius 3 is 1.60 bits per heavy atom. The molecule has 8 heteroatoms. The molecule has 0 atom stereocenters. The van der Waals surface area contributed by atoms with E-state index in [4.69, 9.17) is 16.5 Å². The maximum atomic E-state index is 10.8. The lowest BCUT2D eigenvalue weighted by molar-refractivity contribution is 1.16. The molecule has 0 N–H and O–H groups in total. The largest absolute Gasteiger partial charge is 0.319 e. The first-order chi connectivity index (χ1) is 28.6. The Morgan fingerprint density at radius 1 is 0.483 bits per heavy atom. The maximum Gasteiger partial charge on any atom is 0.211 e. The number of benzene rings is 7. The summed E-state index contributed by atoms with van der Waals surface area (Å²) in [4.78, 5) is 13.8. The molecule has 3 aromatic heterocycles. The average molecular weight is 739 g/mol. The van der Waals surface area contributed by atoms with E-state index < -0.39 is 0 Å². The van der Waals surface area contributed by atoms with Crippen molar-refractivity contribution in [2.24, 2.45) is 0 Å². The summed E-state index contributed by atoms with van der Waals surface area (Å²) >= 11 is 0. The summed E-state index contributed by atoms with van der Waals surface area (Å²) in [5.41, 5.74) is 10.3. The van der Waals surface area contributed by atoms with Crippen LogP contribution >= 0.6 is 0 Å². The summed E-state index contributed by atoms with van der Waals surface area (Å²) in [7, 11) is 0. The molecule has 0 aliphatic heterocycles. The molecule has 0 unspecified atom stereocenters. The van der Waals surface area contributed by atoms with Crippen LogP contribution in [0.25, 0.3) is 93.7 Å². The van der Waals surface area contributed by atoms with Gasteiger partial charge in [-0.05, 0) is 91.0 Å². The number of para-hydroxylation sites is 3. The van der Waals surface area contributed by atoms with Gasteiger partial charge in [0.2, 0.25) is 5.69 Å². The van der Waals surface area contributed by atoms with Crippen LogP contribution < -0.4 is 0 Å². The SMILES string of the molecule is [C-]#[N+]c1cc(-c2cc(-c3ccc(C#N)cc3)nc(-c3ccc(C#N)cc3)n2)c(C#N)cc1-n1c2ccccc2c2cc(-n3c4ccccc4c4ccccc43)ccc21. The minimum Gasteiger partial charge on any atom is -0.319 e. The molecule has 266 valence electrons. The van der Waals surface area contributed by atoms with E-state index in [1.807, 2.05) is 30.3 Å². The molecule has 0 fully saturated rings. The highest BCUT2D eigenvalue weighted by Gasteiger charge is 2.21. The third-order valence-electron chi connectivity index (χ3n) is 10.7. The van der Waals surface area contributed by atoms with E-state index in [0.29, 0.717) is 56.4 Å². The summed E-state index contributed by atoms with van der Waals surface area (Å²) in [5.74, 6) is 0.389.